The van der Waals surface area contributed by atoms with Crippen LogP contribution in [0.25, 0.3) is 11.2 Å². The zero-order valence-corrected chi connectivity index (χ0v) is 16.5. The van der Waals surface area contributed by atoms with E-state index in [1.54, 1.807) is 17.9 Å². The molecular weight excluding hydrogens is 358 g/mol. The predicted molar refractivity (Wildman–Crippen MR) is 108 cm³/mol. The first-order valence-corrected chi connectivity index (χ1v) is 9.49. The Morgan fingerprint density at radius 2 is 1.82 bits per heavy atom. The van der Waals surface area contributed by atoms with Crippen molar-refractivity contribution in [3.05, 3.63) is 63.1 Å². The molecule has 2 heterocycles. The van der Waals surface area contributed by atoms with E-state index in [0.717, 1.165) is 29.5 Å². The quantitative estimate of drug-likeness (QED) is 0.563. The van der Waals surface area contributed by atoms with E-state index < -0.39 is 6.10 Å². The Morgan fingerprint density at radius 3 is 2.54 bits per heavy atom. The molecule has 0 bridgehead atoms. The number of imidazole rings is 1. The largest absolute Gasteiger partial charge is 0.387 e. The molecule has 0 amide bonds. The zero-order chi connectivity index (χ0) is 20.3. The van der Waals surface area contributed by atoms with E-state index in [1.807, 2.05) is 37.3 Å². The van der Waals surface area contributed by atoms with Crippen LogP contribution in [0.15, 0.2) is 46.2 Å². The second-order valence-corrected chi connectivity index (χ2v) is 7.12. The third-order valence-electron chi connectivity index (χ3n) is 5.12. The van der Waals surface area contributed by atoms with Crippen LogP contribution >= 0.6 is 0 Å². The molecule has 8 nitrogen and oxygen atoms in total. The molecule has 28 heavy (non-hydrogen) atoms. The van der Waals surface area contributed by atoms with Gasteiger partial charge >= 0.3 is 5.69 Å². The number of rotatable bonds is 8. The third kappa shape index (κ3) is 3.93. The minimum absolute atomic E-state index is 0.0571. The van der Waals surface area contributed by atoms with Gasteiger partial charge in [-0.25, -0.2) is 9.78 Å². The summed E-state index contributed by atoms with van der Waals surface area (Å²) in [4.78, 5) is 28.6. The Bertz CT molecular complexity index is 1050. The lowest BCUT2D eigenvalue weighted by atomic mass is 10.0. The van der Waals surface area contributed by atoms with Crippen molar-refractivity contribution in [2.75, 3.05) is 6.54 Å². The minimum atomic E-state index is -0.553. The van der Waals surface area contributed by atoms with Crippen LogP contribution in [-0.2, 0) is 20.6 Å². The number of aromatic nitrogens is 4. The average Bonchev–Trinajstić information content (AvgIpc) is 3.14. The number of nitrogens with zero attached hydrogens (tertiary/aromatic N) is 4. The SMILES string of the molecule is CC(NCCCCn1cnc2c1c(=O)n(C)c(=O)n2C)C(O)c1ccccc1. The highest BCUT2D eigenvalue weighted by Crippen LogP contribution is 2.16. The number of nitrogens with one attached hydrogen (secondary N) is 1. The van der Waals surface area contributed by atoms with E-state index in [4.69, 9.17) is 0 Å². The minimum Gasteiger partial charge on any atom is -0.387 e. The van der Waals surface area contributed by atoms with E-state index in [9.17, 15) is 14.7 Å². The van der Waals surface area contributed by atoms with Gasteiger partial charge in [0.15, 0.2) is 11.2 Å². The van der Waals surface area contributed by atoms with E-state index in [-0.39, 0.29) is 17.3 Å². The van der Waals surface area contributed by atoms with Gasteiger partial charge in [-0.1, -0.05) is 30.3 Å². The van der Waals surface area contributed by atoms with Crippen molar-refractivity contribution in [1.82, 2.24) is 24.0 Å². The van der Waals surface area contributed by atoms with Crippen molar-refractivity contribution in [3.63, 3.8) is 0 Å². The van der Waals surface area contributed by atoms with Gasteiger partial charge in [-0.3, -0.25) is 13.9 Å². The predicted octanol–water partition coefficient (Wildman–Crippen LogP) is 0.926. The molecule has 2 unspecified atom stereocenters. The van der Waals surface area contributed by atoms with E-state index in [2.05, 4.69) is 10.3 Å². The number of aryl methyl sites for hydroxylation is 2. The van der Waals surface area contributed by atoms with Gasteiger partial charge in [-0.2, -0.15) is 0 Å². The smallest absolute Gasteiger partial charge is 0.332 e. The molecule has 2 aromatic heterocycles. The van der Waals surface area contributed by atoms with Crippen LogP contribution < -0.4 is 16.6 Å². The maximum atomic E-state index is 12.4. The molecule has 2 atom stereocenters. The normalized spacial score (nSPS) is 13.7. The van der Waals surface area contributed by atoms with Crippen molar-refractivity contribution in [2.24, 2.45) is 14.1 Å². The summed E-state index contributed by atoms with van der Waals surface area (Å²) in [6, 6.07) is 9.54. The Kier molecular flexibility index (Phi) is 6.11. The molecule has 0 aliphatic carbocycles. The van der Waals surface area contributed by atoms with Crippen LogP contribution in [0.2, 0.25) is 0 Å². The summed E-state index contributed by atoms with van der Waals surface area (Å²) in [5.74, 6) is 0. The lowest BCUT2D eigenvalue weighted by Crippen LogP contribution is -2.37. The fourth-order valence-electron chi connectivity index (χ4n) is 3.35. The standard InChI is InChI=1S/C20H27N5O3/c1-14(17(26)15-9-5-4-6-10-15)21-11-7-8-12-25-13-22-18-16(25)19(27)24(3)20(28)23(18)2/h4-6,9-10,13-14,17,21,26H,7-8,11-12H2,1-3H3. The molecule has 1 aromatic carbocycles. The second-order valence-electron chi connectivity index (χ2n) is 7.12. The molecule has 150 valence electrons. The monoisotopic (exact) mass is 385 g/mol. The molecule has 3 aromatic rings. The highest BCUT2D eigenvalue weighted by atomic mass is 16.3. The van der Waals surface area contributed by atoms with Crippen molar-refractivity contribution < 1.29 is 5.11 Å². The maximum absolute atomic E-state index is 12.4. The topological polar surface area (TPSA) is 94.1 Å². The molecule has 2 N–H and O–H groups in total. The lowest BCUT2D eigenvalue weighted by Gasteiger charge is -2.20. The Labute approximate surface area is 163 Å². The number of unbranched alkanes of at least 4 members (excludes halogenated alkanes) is 1. The van der Waals surface area contributed by atoms with Crippen LogP contribution in [0, 0.1) is 0 Å². The number of aliphatic hydroxyl groups excluding tert-OH is 1. The number of hydrogen-bond acceptors (Lipinski definition) is 5. The Hall–Kier alpha value is -2.71. The average molecular weight is 385 g/mol. The zero-order valence-electron chi connectivity index (χ0n) is 16.5. The van der Waals surface area contributed by atoms with Gasteiger partial charge < -0.3 is 15.0 Å². The first kappa shape index (κ1) is 20.0. The fraction of sp³-hybridized carbons (Fsp3) is 0.450. The van der Waals surface area contributed by atoms with Crippen LogP contribution in [0.5, 0.6) is 0 Å². The summed E-state index contributed by atoms with van der Waals surface area (Å²) in [6.07, 6.45) is 2.79. The van der Waals surface area contributed by atoms with Gasteiger partial charge in [0.25, 0.3) is 5.56 Å². The number of benzene rings is 1. The number of hydrogen-bond donors (Lipinski definition) is 2. The Morgan fingerprint density at radius 1 is 1.11 bits per heavy atom. The van der Waals surface area contributed by atoms with E-state index in [0.29, 0.717) is 17.7 Å². The van der Waals surface area contributed by atoms with Crippen LogP contribution in [0.1, 0.15) is 31.4 Å². The molecule has 3 rings (SSSR count). The summed E-state index contributed by atoms with van der Waals surface area (Å²) >= 11 is 0. The van der Waals surface area contributed by atoms with Crippen molar-refractivity contribution >= 4 is 11.2 Å². The van der Waals surface area contributed by atoms with Crippen molar-refractivity contribution in [2.45, 2.75) is 38.5 Å². The number of fused-ring (bicyclic) bond motifs is 1. The van der Waals surface area contributed by atoms with Crippen LogP contribution in [-0.4, -0.2) is 36.4 Å². The first-order chi connectivity index (χ1) is 13.4. The lowest BCUT2D eigenvalue weighted by molar-refractivity contribution is 0.136. The highest BCUT2D eigenvalue weighted by Gasteiger charge is 2.16. The van der Waals surface area contributed by atoms with Gasteiger partial charge in [0, 0.05) is 26.7 Å². The van der Waals surface area contributed by atoms with Gasteiger partial charge in [-0.05, 0) is 31.9 Å². The van der Waals surface area contributed by atoms with Crippen molar-refractivity contribution in [3.8, 4) is 0 Å². The molecule has 8 heteroatoms. The fourth-order valence-corrected chi connectivity index (χ4v) is 3.35. The molecule has 0 saturated heterocycles. The second kappa shape index (κ2) is 8.53. The summed E-state index contributed by atoms with van der Waals surface area (Å²) in [5.41, 5.74) is 1.05. The molecule has 0 saturated carbocycles. The molecule has 0 spiro atoms. The van der Waals surface area contributed by atoms with Gasteiger partial charge in [-0.15, -0.1) is 0 Å². The third-order valence-corrected chi connectivity index (χ3v) is 5.12. The summed E-state index contributed by atoms with van der Waals surface area (Å²) < 4.78 is 4.30. The van der Waals surface area contributed by atoms with Crippen molar-refractivity contribution in [1.29, 1.82) is 0 Å². The molecule has 0 radical (unpaired) electrons. The molecular formula is C20H27N5O3. The van der Waals surface area contributed by atoms with Gasteiger partial charge in [0.1, 0.15) is 0 Å². The van der Waals surface area contributed by atoms with Gasteiger partial charge in [0.05, 0.1) is 12.4 Å². The molecule has 0 aliphatic heterocycles. The first-order valence-electron chi connectivity index (χ1n) is 9.49. The van der Waals surface area contributed by atoms with Crippen LogP contribution in [0.3, 0.4) is 0 Å². The molecule has 0 fully saturated rings. The Balaban J connectivity index is 1.55. The van der Waals surface area contributed by atoms with E-state index in [1.165, 1.54) is 11.6 Å². The van der Waals surface area contributed by atoms with Crippen LogP contribution in [0.4, 0.5) is 0 Å². The van der Waals surface area contributed by atoms with Gasteiger partial charge in [0.2, 0.25) is 0 Å². The molecule has 0 aliphatic rings. The highest BCUT2D eigenvalue weighted by molar-refractivity contribution is 5.69. The summed E-state index contributed by atoms with van der Waals surface area (Å²) in [6.45, 7) is 3.36. The number of aliphatic hydroxyl groups is 1. The summed E-state index contributed by atoms with van der Waals surface area (Å²) in [7, 11) is 3.09. The maximum Gasteiger partial charge on any atom is 0.332 e. The summed E-state index contributed by atoms with van der Waals surface area (Å²) in [5, 5.41) is 13.7. The van der Waals surface area contributed by atoms with E-state index >= 15 is 0 Å².